The van der Waals surface area contributed by atoms with Gasteiger partial charge in [-0.3, -0.25) is 0 Å². The summed E-state index contributed by atoms with van der Waals surface area (Å²) in [5, 5.41) is 4.56. The van der Waals surface area contributed by atoms with E-state index in [0.29, 0.717) is 0 Å². The molecule has 0 aliphatic carbocycles. The Hall–Kier alpha value is -0.970. The van der Waals surface area contributed by atoms with Gasteiger partial charge in [-0.05, 0) is 44.0 Å². The lowest BCUT2D eigenvalue weighted by atomic mass is 10.1. The highest BCUT2D eigenvalue weighted by atomic mass is 32.1. The third-order valence-corrected chi connectivity index (χ3v) is 4.66. The Kier molecular flexibility index (Phi) is 4.11. The highest BCUT2D eigenvalue weighted by molar-refractivity contribution is 7.18. The maximum absolute atomic E-state index is 4.57. The zero-order chi connectivity index (χ0) is 13.1. The molecule has 4 heteroatoms. The second-order valence-electron chi connectivity index (χ2n) is 5.23. The Balaban J connectivity index is 1.55. The average Bonchev–Trinajstić information content (AvgIpc) is 2.79. The predicted octanol–water partition coefficient (Wildman–Crippen LogP) is 2.44. The standard InChI is InChI=1S/C15H21N3S/c1-12-17-14-11-13(4-5-15(14)19-12)3-2-8-18-9-6-16-7-10-18/h4-5,11,16H,2-3,6-10H2,1H3. The monoisotopic (exact) mass is 275 g/mol. The van der Waals surface area contributed by atoms with Gasteiger partial charge in [0.15, 0.2) is 0 Å². The molecule has 1 aromatic carbocycles. The number of hydrogen-bond acceptors (Lipinski definition) is 4. The second-order valence-corrected chi connectivity index (χ2v) is 6.46. The molecule has 2 heterocycles. The van der Waals surface area contributed by atoms with E-state index in [2.05, 4.69) is 40.3 Å². The summed E-state index contributed by atoms with van der Waals surface area (Å²) in [5.41, 5.74) is 2.59. The Labute approximate surface area is 118 Å². The van der Waals surface area contributed by atoms with Gasteiger partial charge in [-0.25, -0.2) is 4.98 Å². The van der Waals surface area contributed by atoms with E-state index in [1.807, 2.05) is 0 Å². The van der Waals surface area contributed by atoms with Crippen LogP contribution in [0.1, 0.15) is 17.0 Å². The second kappa shape index (κ2) is 5.99. The van der Waals surface area contributed by atoms with Crippen LogP contribution < -0.4 is 5.32 Å². The summed E-state index contributed by atoms with van der Waals surface area (Å²) in [6.45, 7) is 7.98. The van der Waals surface area contributed by atoms with Gasteiger partial charge < -0.3 is 10.2 Å². The number of nitrogens with zero attached hydrogens (tertiary/aromatic N) is 2. The Morgan fingerprint density at radius 2 is 2.16 bits per heavy atom. The lowest BCUT2D eigenvalue weighted by Crippen LogP contribution is -2.43. The molecule has 0 bridgehead atoms. The molecule has 2 aromatic rings. The fourth-order valence-corrected chi connectivity index (χ4v) is 3.49. The summed E-state index contributed by atoms with van der Waals surface area (Å²) in [7, 11) is 0. The molecule has 3 rings (SSSR count). The van der Waals surface area contributed by atoms with Gasteiger partial charge in [0.1, 0.15) is 0 Å². The van der Waals surface area contributed by atoms with Crippen molar-refractivity contribution < 1.29 is 0 Å². The molecule has 0 spiro atoms. The largest absolute Gasteiger partial charge is 0.314 e. The minimum absolute atomic E-state index is 1.14. The van der Waals surface area contributed by atoms with Crippen LogP contribution in [-0.2, 0) is 6.42 Å². The van der Waals surface area contributed by atoms with Gasteiger partial charge in [-0.1, -0.05) is 6.07 Å². The first-order chi connectivity index (χ1) is 9.31. The normalized spacial score (nSPS) is 17.1. The van der Waals surface area contributed by atoms with Crippen LogP contribution in [0.4, 0.5) is 0 Å². The summed E-state index contributed by atoms with van der Waals surface area (Å²) >= 11 is 1.78. The number of benzene rings is 1. The van der Waals surface area contributed by atoms with Crippen LogP contribution in [0.5, 0.6) is 0 Å². The van der Waals surface area contributed by atoms with Crippen molar-refractivity contribution in [3.8, 4) is 0 Å². The van der Waals surface area contributed by atoms with E-state index in [4.69, 9.17) is 0 Å². The Morgan fingerprint density at radius 3 is 3.00 bits per heavy atom. The van der Waals surface area contributed by atoms with E-state index in [-0.39, 0.29) is 0 Å². The fourth-order valence-electron chi connectivity index (χ4n) is 2.69. The quantitative estimate of drug-likeness (QED) is 0.929. The summed E-state index contributed by atoms with van der Waals surface area (Å²) in [6, 6.07) is 6.74. The molecule has 0 atom stereocenters. The third kappa shape index (κ3) is 3.32. The topological polar surface area (TPSA) is 28.2 Å². The molecule has 1 saturated heterocycles. The molecule has 0 radical (unpaired) electrons. The molecule has 0 saturated carbocycles. The van der Waals surface area contributed by atoms with Gasteiger partial charge in [-0.15, -0.1) is 11.3 Å². The van der Waals surface area contributed by atoms with Crippen molar-refractivity contribution in [1.29, 1.82) is 0 Å². The summed E-state index contributed by atoms with van der Waals surface area (Å²) in [4.78, 5) is 7.13. The number of thiazole rings is 1. The van der Waals surface area contributed by atoms with E-state index < -0.39 is 0 Å². The van der Waals surface area contributed by atoms with Crippen molar-refractivity contribution in [2.75, 3.05) is 32.7 Å². The van der Waals surface area contributed by atoms with Crippen LogP contribution in [0.3, 0.4) is 0 Å². The van der Waals surface area contributed by atoms with E-state index in [9.17, 15) is 0 Å². The van der Waals surface area contributed by atoms with E-state index >= 15 is 0 Å². The SMILES string of the molecule is Cc1nc2cc(CCCN3CCNCC3)ccc2s1. The molecule has 1 N–H and O–H groups in total. The lowest BCUT2D eigenvalue weighted by molar-refractivity contribution is 0.238. The van der Waals surface area contributed by atoms with Gasteiger partial charge in [0.05, 0.1) is 15.2 Å². The highest BCUT2D eigenvalue weighted by Gasteiger charge is 2.08. The summed E-state index contributed by atoms with van der Waals surface area (Å²) < 4.78 is 1.31. The van der Waals surface area contributed by atoms with Crippen LogP contribution in [0.2, 0.25) is 0 Å². The number of nitrogens with one attached hydrogen (secondary N) is 1. The fraction of sp³-hybridized carbons (Fsp3) is 0.533. The molecule has 102 valence electrons. The van der Waals surface area contributed by atoms with Crippen molar-refractivity contribution in [2.45, 2.75) is 19.8 Å². The molecule has 19 heavy (non-hydrogen) atoms. The number of piperazine rings is 1. The summed E-state index contributed by atoms with van der Waals surface area (Å²) in [5.74, 6) is 0. The molecule has 0 amide bonds. The zero-order valence-corrected chi connectivity index (χ0v) is 12.3. The van der Waals surface area contributed by atoms with Crippen molar-refractivity contribution in [3.63, 3.8) is 0 Å². The van der Waals surface area contributed by atoms with Crippen LogP contribution >= 0.6 is 11.3 Å². The van der Waals surface area contributed by atoms with Gasteiger partial charge in [0.25, 0.3) is 0 Å². The molecular weight excluding hydrogens is 254 g/mol. The number of fused-ring (bicyclic) bond motifs is 1. The third-order valence-electron chi connectivity index (χ3n) is 3.71. The molecule has 1 aliphatic heterocycles. The summed E-state index contributed by atoms with van der Waals surface area (Å²) in [6.07, 6.45) is 2.41. The van der Waals surface area contributed by atoms with E-state index in [0.717, 1.165) is 24.5 Å². The lowest BCUT2D eigenvalue weighted by Gasteiger charge is -2.27. The number of aromatic nitrogens is 1. The van der Waals surface area contributed by atoms with Crippen LogP contribution in [-0.4, -0.2) is 42.6 Å². The minimum Gasteiger partial charge on any atom is -0.314 e. The van der Waals surface area contributed by atoms with Crippen molar-refractivity contribution in [2.24, 2.45) is 0 Å². The Morgan fingerprint density at radius 1 is 1.32 bits per heavy atom. The molecule has 0 unspecified atom stereocenters. The van der Waals surface area contributed by atoms with Gasteiger partial charge in [0, 0.05) is 26.2 Å². The minimum atomic E-state index is 1.14. The van der Waals surface area contributed by atoms with Crippen LogP contribution in [0.15, 0.2) is 18.2 Å². The maximum atomic E-state index is 4.57. The highest BCUT2D eigenvalue weighted by Crippen LogP contribution is 2.22. The first kappa shape index (κ1) is 13.0. The van der Waals surface area contributed by atoms with Crippen LogP contribution in [0.25, 0.3) is 10.2 Å². The predicted molar refractivity (Wildman–Crippen MR) is 82.0 cm³/mol. The van der Waals surface area contributed by atoms with Crippen molar-refractivity contribution >= 4 is 21.6 Å². The molecule has 1 aliphatic rings. The van der Waals surface area contributed by atoms with Crippen molar-refractivity contribution in [3.05, 3.63) is 28.8 Å². The van der Waals surface area contributed by atoms with Gasteiger partial charge in [0.2, 0.25) is 0 Å². The number of aryl methyl sites for hydroxylation is 2. The Bertz CT molecular complexity index is 543. The van der Waals surface area contributed by atoms with Crippen LogP contribution in [0, 0.1) is 6.92 Å². The molecule has 1 fully saturated rings. The first-order valence-electron chi connectivity index (χ1n) is 7.10. The van der Waals surface area contributed by atoms with E-state index in [1.54, 1.807) is 11.3 Å². The maximum Gasteiger partial charge on any atom is 0.0907 e. The number of hydrogen-bond donors (Lipinski definition) is 1. The van der Waals surface area contributed by atoms with Gasteiger partial charge in [-0.2, -0.15) is 0 Å². The van der Waals surface area contributed by atoms with E-state index in [1.165, 1.54) is 41.8 Å². The molecular formula is C15H21N3S. The van der Waals surface area contributed by atoms with Crippen molar-refractivity contribution in [1.82, 2.24) is 15.2 Å². The van der Waals surface area contributed by atoms with Gasteiger partial charge >= 0.3 is 0 Å². The average molecular weight is 275 g/mol. The first-order valence-corrected chi connectivity index (χ1v) is 7.92. The molecule has 3 nitrogen and oxygen atoms in total. The smallest absolute Gasteiger partial charge is 0.0907 e. The number of rotatable bonds is 4. The zero-order valence-electron chi connectivity index (χ0n) is 11.5. The molecule has 1 aromatic heterocycles.